The molecule has 1 aromatic carbocycles. The standard InChI is InChI=1S/C20H28N4OS/c25-18(22-15-9-3-1-4-10-15)13-5-2-8-14-21-19-16-11-6-7-12-17(16)23-20(26)24-19/h6-7,11-12,15H,1-5,8-10,13-14H2,(H,22,25)(H2,21,23,24,26). The van der Waals surface area contributed by atoms with Crippen molar-refractivity contribution in [3.63, 3.8) is 0 Å². The van der Waals surface area contributed by atoms with Crippen molar-refractivity contribution in [3.05, 3.63) is 29.0 Å². The molecule has 5 nitrogen and oxygen atoms in total. The number of nitrogens with one attached hydrogen (secondary N) is 3. The molecule has 140 valence electrons. The lowest BCUT2D eigenvalue weighted by atomic mass is 9.95. The Hall–Kier alpha value is -1.95. The van der Waals surface area contributed by atoms with Gasteiger partial charge in [0.15, 0.2) is 4.77 Å². The molecule has 1 amide bonds. The maximum Gasteiger partial charge on any atom is 0.220 e. The van der Waals surface area contributed by atoms with Crippen molar-refractivity contribution < 1.29 is 4.79 Å². The quantitative estimate of drug-likeness (QED) is 0.463. The van der Waals surface area contributed by atoms with E-state index >= 15 is 0 Å². The highest BCUT2D eigenvalue weighted by molar-refractivity contribution is 7.71. The van der Waals surface area contributed by atoms with Gasteiger partial charge in [0.05, 0.1) is 5.52 Å². The molecular formula is C20H28N4OS. The van der Waals surface area contributed by atoms with Crippen LogP contribution in [0.25, 0.3) is 10.9 Å². The Labute approximate surface area is 160 Å². The number of aromatic amines is 1. The van der Waals surface area contributed by atoms with Gasteiger partial charge in [-0.15, -0.1) is 0 Å². The number of hydrogen-bond donors (Lipinski definition) is 3. The second kappa shape index (κ2) is 9.67. The van der Waals surface area contributed by atoms with Crippen molar-refractivity contribution in [3.8, 4) is 0 Å². The van der Waals surface area contributed by atoms with Crippen molar-refractivity contribution in [1.82, 2.24) is 15.3 Å². The molecule has 0 aliphatic heterocycles. The van der Waals surface area contributed by atoms with E-state index in [2.05, 4.69) is 20.6 Å². The molecule has 0 atom stereocenters. The summed E-state index contributed by atoms with van der Waals surface area (Å²) in [6.07, 6.45) is 9.73. The summed E-state index contributed by atoms with van der Waals surface area (Å²) in [6.45, 7) is 0.833. The Morgan fingerprint density at radius 2 is 1.96 bits per heavy atom. The number of carbonyl (C=O) groups is 1. The lowest BCUT2D eigenvalue weighted by Gasteiger charge is -2.22. The van der Waals surface area contributed by atoms with E-state index in [1.807, 2.05) is 24.3 Å². The fourth-order valence-corrected chi connectivity index (χ4v) is 3.78. The van der Waals surface area contributed by atoms with Gasteiger partial charge < -0.3 is 15.6 Å². The zero-order chi connectivity index (χ0) is 18.2. The predicted octanol–water partition coefficient (Wildman–Crippen LogP) is 4.71. The van der Waals surface area contributed by atoms with Crippen LogP contribution in [0.4, 0.5) is 5.82 Å². The van der Waals surface area contributed by atoms with Crippen molar-refractivity contribution in [1.29, 1.82) is 0 Å². The highest BCUT2D eigenvalue weighted by atomic mass is 32.1. The molecule has 1 aliphatic rings. The number of nitrogens with zero attached hydrogens (tertiary/aromatic N) is 1. The average molecular weight is 373 g/mol. The molecule has 1 heterocycles. The fourth-order valence-electron chi connectivity index (χ4n) is 3.58. The summed E-state index contributed by atoms with van der Waals surface area (Å²) in [5.74, 6) is 1.05. The first kappa shape index (κ1) is 18.8. The number of fused-ring (bicyclic) bond motifs is 1. The second-order valence-corrected chi connectivity index (χ2v) is 7.46. The van der Waals surface area contributed by atoms with Crippen LogP contribution in [0.3, 0.4) is 0 Å². The first-order chi connectivity index (χ1) is 12.7. The molecule has 0 unspecified atom stereocenters. The molecule has 0 bridgehead atoms. The first-order valence-electron chi connectivity index (χ1n) is 9.75. The highest BCUT2D eigenvalue weighted by Crippen LogP contribution is 2.19. The smallest absolute Gasteiger partial charge is 0.220 e. The minimum absolute atomic E-state index is 0.215. The zero-order valence-corrected chi connectivity index (χ0v) is 16.0. The molecule has 0 radical (unpaired) electrons. The Bertz CT molecular complexity index is 783. The summed E-state index contributed by atoms with van der Waals surface area (Å²) in [4.78, 5) is 19.5. The minimum Gasteiger partial charge on any atom is -0.369 e. The third kappa shape index (κ3) is 5.53. The molecule has 0 spiro atoms. The number of benzene rings is 1. The van der Waals surface area contributed by atoms with Crippen LogP contribution in [-0.4, -0.2) is 28.5 Å². The number of carbonyl (C=O) groups excluding carboxylic acids is 1. The predicted molar refractivity (Wildman–Crippen MR) is 109 cm³/mol. The van der Waals surface area contributed by atoms with Crippen LogP contribution in [-0.2, 0) is 4.79 Å². The van der Waals surface area contributed by atoms with Gasteiger partial charge >= 0.3 is 0 Å². The van der Waals surface area contributed by atoms with Gasteiger partial charge in [0, 0.05) is 24.4 Å². The summed E-state index contributed by atoms with van der Waals surface area (Å²) < 4.78 is 0.491. The van der Waals surface area contributed by atoms with E-state index in [9.17, 15) is 4.79 Å². The SMILES string of the molecule is O=C(CCCCCNc1nc(=S)[nH]c2ccccc12)NC1CCCCC1. The molecule has 0 saturated heterocycles. The van der Waals surface area contributed by atoms with E-state index in [4.69, 9.17) is 12.2 Å². The van der Waals surface area contributed by atoms with Gasteiger partial charge in [-0.25, -0.2) is 4.98 Å². The molecule has 3 rings (SSSR count). The van der Waals surface area contributed by atoms with Gasteiger partial charge in [0.25, 0.3) is 0 Å². The summed E-state index contributed by atoms with van der Waals surface area (Å²) in [5, 5.41) is 7.62. The lowest BCUT2D eigenvalue weighted by Crippen LogP contribution is -2.35. The summed E-state index contributed by atoms with van der Waals surface area (Å²) in [6, 6.07) is 8.43. The Kier molecular flexibility index (Phi) is 7.00. The molecule has 1 aromatic heterocycles. The van der Waals surface area contributed by atoms with Gasteiger partial charge in [0.2, 0.25) is 5.91 Å². The van der Waals surface area contributed by atoms with Crippen molar-refractivity contribution in [2.24, 2.45) is 0 Å². The van der Waals surface area contributed by atoms with E-state index in [0.717, 1.165) is 55.4 Å². The second-order valence-electron chi connectivity index (χ2n) is 7.08. The van der Waals surface area contributed by atoms with Crippen LogP contribution in [0.2, 0.25) is 0 Å². The number of H-pyrrole nitrogens is 1. The Morgan fingerprint density at radius 1 is 1.15 bits per heavy atom. The van der Waals surface area contributed by atoms with Gasteiger partial charge in [-0.1, -0.05) is 37.8 Å². The molecule has 1 aliphatic carbocycles. The number of para-hydroxylation sites is 1. The number of hydrogen-bond acceptors (Lipinski definition) is 4. The Morgan fingerprint density at radius 3 is 2.81 bits per heavy atom. The summed E-state index contributed by atoms with van der Waals surface area (Å²) in [5.41, 5.74) is 0.995. The third-order valence-corrected chi connectivity index (χ3v) is 5.17. The topological polar surface area (TPSA) is 69.8 Å². The fraction of sp³-hybridized carbons (Fsp3) is 0.550. The largest absolute Gasteiger partial charge is 0.369 e. The average Bonchev–Trinajstić information content (AvgIpc) is 2.65. The molecule has 1 fully saturated rings. The van der Waals surface area contributed by atoms with Crippen LogP contribution in [0.1, 0.15) is 57.8 Å². The van der Waals surface area contributed by atoms with E-state index < -0.39 is 0 Å². The molecule has 26 heavy (non-hydrogen) atoms. The number of anilines is 1. The monoisotopic (exact) mass is 372 g/mol. The number of aromatic nitrogens is 2. The van der Waals surface area contributed by atoms with Gasteiger partial charge in [0.1, 0.15) is 5.82 Å². The van der Waals surface area contributed by atoms with E-state index in [-0.39, 0.29) is 5.91 Å². The van der Waals surface area contributed by atoms with Gasteiger partial charge in [-0.2, -0.15) is 0 Å². The van der Waals surface area contributed by atoms with E-state index in [1.54, 1.807) is 0 Å². The summed E-state index contributed by atoms with van der Waals surface area (Å²) in [7, 11) is 0. The third-order valence-electron chi connectivity index (χ3n) is 4.98. The van der Waals surface area contributed by atoms with Crippen molar-refractivity contribution in [2.45, 2.75) is 63.8 Å². The van der Waals surface area contributed by atoms with Crippen LogP contribution in [0.5, 0.6) is 0 Å². The number of unbranched alkanes of at least 4 members (excludes halogenated alkanes) is 2. The maximum absolute atomic E-state index is 12.0. The molecular weight excluding hydrogens is 344 g/mol. The van der Waals surface area contributed by atoms with Crippen molar-refractivity contribution >= 4 is 34.8 Å². The maximum atomic E-state index is 12.0. The highest BCUT2D eigenvalue weighted by Gasteiger charge is 2.15. The number of rotatable bonds is 8. The zero-order valence-electron chi connectivity index (χ0n) is 15.2. The van der Waals surface area contributed by atoms with Crippen LogP contribution in [0, 0.1) is 4.77 Å². The number of amides is 1. The van der Waals surface area contributed by atoms with Crippen LogP contribution < -0.4 is 10.6 Å². The molecule has 2 aromatic rings. The molecule has 6 heteroatoms. The lowest BCUT2D eigenvalue weighted by molar-refractivity contribution is -0.122. The van der Waals surface area contributed by atoms with E-state index in [0.29, 0.717) is 17.2 Å². The molecule has 1 saturated carbocycles. The first-order valence-corrected chi connectivity index (χ1v) is 10.2. The normalized spacial score (nSPS) is 15.1. The van der Waals surface area contributed by atoms with E-state index in [1.165, 1.54) is 19.3 Å². The minimum atomic E-state index is 0.215. The van der Waals surface area contributed by atoms with Gasteiger partial charge in [-0.3, -0.25) is 4.79 Å². The Balaban J connectivity index is 1.36. The van der Waals surface area contributed by atoms with Crippen molar-refractivity contribution in [2.75, 3.05) is 11.9 Å². The molecule has 3 N–H and O–H groups in total. The van der Waals surface area contributed by atoms with Crippen LogP contribution in [0.15, 0.2) is 24.3 Å². The van der Waals surface area contributed by atoms with Crippen LogP contribution >= 0.6 is 12.2 Å². The van der Waals surface area contributed by atoms with Gasteiger partial charge in [-0.05, 0) is 50.0 Å². The summed E-state index contributed by atoms with van der Waals surface area (Å²) >= 11 is 5.19.